The van der Waals surface area contributed by atoms with Crippen molar-refractivity contribution in [2.24, 2.45) is 0 Å². The van der Waals surface area contributed by atoms with Crippen LogP contribution in [0.25, 0.3) is 0 Å². The molecule has 0 radical (unpaired) electrons. The van der Waals surface area contributed by atoms with Crippen LogP contribution in [-0.2, 0) is 0 Å². The molecule has 0 aliphatic heterocycles. The number of hydrogen-bond donors (Lipinski definition) is 3. The number of hydrogen-bond acceptors (Lipinski definition) is 2. The molecule has 0 aliphatic rings. The monoisotopic (exact) mass is 348 g/mol. The zero-order chi connectivity index (χ0) is 15.4. The molecular formula is C15H13BrN2O3. The second-order valence-corrected chi connectivity index (χ2v) is 5.39. The van der Waals surface area contributed by atoms with Crippen molar-refractivity contribution >= 4 is 39.3 Å². The number of rotatable bonds is 3. The fraction of sp³-hybridized carbons (Fsp3) is 0.0667. The van der Waals surface area contributed by atoms with E-state index in [1.165, 1.54) is 12.1 Å². The first-order chi connectivity index (χ1) is 9.94. The molecule has 2 amide bonds. The summed E-state index contributed by atoms with van der Waals surface area (Å²) in [5.41, 5.74) is 2.24. The van der Waals surface area contributed by atoms with E-state index in [0.29, 0.717) is 15.8 Å². The number of anilines is 2. The van der Waals surface area contributed by atoms with Gasteiger partial charge in [-0.15, -0.1) is 0 Å². The minimum Gasteiger partial charge on any atom is -0.478 e. The van der Waals surface area contributed by atoms with Gasteiger partial charge in [0.15, 0.2) is 0 Å². The van der Waals surface area contributed by atoms with Crippen LogP contribution in [0.4, 0.5) is 16.2 Å². The zero-order valence-corrected chi connectivity index (χ0v) is 12.8. The Morgan fingerprint density at radius 1 is 1.00 bits per heavy atom. The number of carbonyl (C=O) groups is 2. The number of aryl methyl sites for hydroxylation is 1. The van der Waals surface area contributed by atoms with Crippen molar-refractivity contribution in [2.45, 2.75) is 6.92 Å². The van der Waals surface area contributed by atoms with Gasteiger partial charge in [0, 0.05) is 15.8 Å². The maximum absolute atomic E-state index is 11.9. The lowest BCUT2D eigenvalue weighted by Gasteiger charge is -2.09. The third kappa shape index (κ3) is 4.32. The molecular weight excluding hydrogens is 336 g/mol. The van der Waals surface area contributed by atoms with Gasteiger partial charge < -0.3 is 15.7 Å². The Balaban J connectivity index is 2.09. The molecule has 0 bridgehead atoms. The molecule has 0 aliphatic carbocycles. The van der Waals surface area contributed by atoms with E-state index in [-0.39, 0.29) is 5.56 Å². The second kappa shape index (κ2) is 6.41. The standard InChI is InChI=1S/C15H13BrN2O3/c1-9-2-4-12(5-3-9)17-15(21)18-13-7-10(14(19)20)6-11(16)8-13/h2-8H,1H3,(H,19,20)(H2,17,18,21). The van der Waals surface area contributed by atoms with E-state index in [2.05, 4.69) is 26.6 Å². The summed E-state index contributed by atoms with van der Waals surface area (Å²) < 4.78 is 0.577. The normalized spacial score (nSPS) is 10.0. The van der Waals surface area contributed by atoms with Crippen LogP contribution in [-0.4, -0.2) is 17.1 Å². The average Bonchev–Trinajstić information content (AvgIpc) is 2.40. The van der Waals surface area contributed by atoms with Crippen molar-refractivity contribution in [2.75, 3.05) is 10.6 Å². The SMILES string of the molecule is Cc1ccc(NC(=O)Nc2cc(Br)cc(C(=O)O)c2)cc1. The molecule has 0 spiro atoms. The van der Waals surface area contributed by atoms with E-state index in [9.17, 15) is 9.59 Å². The Morgan fingerprint density at radius 2 is 1.62 bits per heavy atom. The van der Waals surface area contributed by atoms with Gasteiger partial charge in [0.05, 0.1) is 5.56 Å². The maximum Gasteiger partial charge on any atom is 0.335 e. The number of carbonyl (C=O) groups excluding carboxylic acids is 1. The van der Waals surface area contributed by atoms with E-state index in [1.54, 1.807) is 18.2 Å². The highest BCUT2D eigenvalue weighted by molar-refractivity contribution is 9.10. The fourth-order valence-electron chi connectivity index (χ4n) is 1.72. The lowest BCUT2D eigenvalue weighted by Crippen LogP contribution is -2.19. The average molecular weight is 349 g/mol. The minimum atomic E-state index is -1.06. The molecule has 2 aromatic rings. The number of benzene rings is 2. The van der Waals surface area contributed by atoms with Gasteiger partial charge in [-0.2, -0.15) is 0 Å². The van der Waals surface area contributed by atoms with Gasteiger partial charge in [-0.05, 0) is 37.3 Å². The number of urea groups is 1. The Bertz CT molecular complexity index is 684. The number of aromatic carboxylic acids is 1. The summed E-state index contributed by atoms with van der Waals surface area (Å²) in [6.45, 7) is 1.96. The van der Waals surface area contributed by atoms with Gasteiger partial charge in [-0.1, -0.05) is 33.6 Å². The predicted molar refractivity (Wildman–Crippen MR) is 84.9 cm³/mol. The third-order valence-corrected chi connectivity index (χ3v) is 3.17. The summed E-state index contributed by atoms with van der Waals surface area (Å²) in [5, 5.41) is 14.3. The molecule has 0 saturated carbocycles. The van der Waals surface area contributed by atoms with Crippen molar-refractivity contribution in [3.05, 3.63) is 58.1 Å². The summed E-state index contributed by atoms with van der Waals surface area (Å²) >= 11 is 3.21. The summed E-state index contributed by atoms with van der Waals surface area (Å²) in [7, 11) is 0. The van der Waals surface area contributed by atoms with Crippen molar-refractivity contribution in [1.82, 2.24) is 0 Å². The topological polar surface area (TPSA) is 78.4 Å². The molecule has 5 nitrogen and oxygen atoms in total. The van der Waals surface area contributed by atoms with E-state index < -0.39 is 12.0 Å². The number of nitrogens with one attached hydrogen (secondary N) is 2. The molecule has 0 aromatic heterocycles. The van der Waals surface area contributed by atoms with Crippen molar-refractivity contribution in [1.29, 1.82) is 0 Å². The first kappa shape index (κ1) is 15.1. The summed E-state index contributed by atoms with van der Waals surface area (Å²) in [6.07, 6.45) is 0. The second-order valence-electron chi connectivity index (χ2n) is 4.48. The summed E-state index contributed by atoms with van der Waals surface area (Å²) in [5.74, 6) is -1.06. The Labute approximate surface area is 130 Å². The molecule has 0 fully saturated rings. The highest BCUT2D eigenvalue weighted by atomic mass is 79.9. The van der Waals surface area contributed by atoms with Crippen molar-refractivity contribution in [3.8, 4) is 0 Å². The van der Waals surface area contributed by atoms with E-state index in [0.717, 1.165) is 5.56 Å². The summed E-state index contributed by atoms with van der Waals surface area (Å²) in [4.78, 5) is 22.8. The van der Waals surface area contributed by atoms with Crippen LogP contribution in [0.5, 0.6) is 0 Å². The number of carboxylic acids is 1. The highest BCUT2D eigenvalue weighted by Gasteiger charge is 2.08. The molecule has 0 heterocycles. The maximum atomic E-state index is 11.9. The van der Waals surface area contributed by atoms with E-state index >= 15 is 0 Å². The van der Waals surface area contributed by atoms with Crippen LogP contribution in [0.2, 0.25) is 0 Å². The molecule has 3 N–H and O–H groups in total. The minimum absolute atomic E-state index is 0.0926. The van der Waals surface area contributed by atoms with Gasteiger partial charge >= 0.3 is 12.0 Å². The van der Waals surface area contributed by atoms with Gasteiger partial charge in [-0.3, -0.25) is 0 Å². The Hall–Kier alpha value is -2.34. The van der Waals surface area contributed by atoms with Gasteiger partial charge in [0.1, 0.15) is 0 Å². The van der Waals surface area contributed by atoms with Crippen LogP contribution < -0.4 is 10.6 Å². The quantitative estimate of drug-likeness (QED) is 0.781. The smallest absolute Gasteiger partial charge is 0.335 e. The van der Waals surface area contributed by atoms with Crippen LogP contribution in [0.15, 0.2) is 46.9 Å². The predicted octanol–water partition coefficient (Wildman–Crippen LogP) is 4.10. The Morgan fingerprint density at radius 3 is 2.24 bits per heavy atom. The molecule has 2 rings (SSSR count). The highest BCUT2D eigenvalue weighted by Crippen LogP contribution is 2.20. The zero-order valence-electron chi connectivity index (χ0n) is 11.2. The number of carboxylic acid groups (broad SMARTS) is 1. The van der Waals surface area contributed by atoms with E-state index in [4.69, 9.17) is 5.11 Å². The summed E-state index contributed by atoms with van der Waals surface area (Å²) in [6, 6.07) is 11.4. The van der Waals surface area contributed by atoms with Crippen molar-refractivity contribution < 1.29 is 14.7 Å². The molecule has 21 heavy (non-hydrogen) atoms. The molecule has 108 valence electrons. The molecule has 2 aromatic carbocycles. The first-order valence-electron chi connectivity index (χ1n) is 6.12. The first-order valence-corrected chi connectivity index (χ1v) is 6.92. The lowest BCUT2D eigenvalue weighted by atomic mass is 10.2. The number of halogens is 1. The Kier molecular flexibility index (Phi) is 4.59. The van der Waals surface area contributed by atoms with Gasteiger partial charge in [-0.25, -0.2) is 9.59 Å². The lowest BCUT2D eigenvalue weighted by molar-refractivity contribution is 0.0697. The van der Waals surface area contributed by atoms with Crippen LogP contribution in [0.3, 0.4) is 0 Å². The van der Waals surface area contributed by atoms with Gasteiger partial charge in [0.25, 0.3) is 0 Å². The van der Waals surface area contributed by atoms with Crippen LogP contribution >= 0.6 is 15.9 Å². The van der Waals surface area contributed by atoms with Crippen molar-refractivity contribution in [3.63, 3.8) is 0 Å². The van der Waals surface area contributed by atoms with Crippen LogP contribution in [0, 0.1) is 6.92 Å². The molecule has 6 heteroatoms. The van der Waals surface area contributed by atoms with Gasteiger partial charge in [0.2, 0.25) is 0 Å². The third-order valence-electron chi connectivity index (χ3n) is 2.71. The number of amides is 2. The largest absolute Gasteiger partial charge is 0.478 e. The molecule has 0 saturated heterocycles. The fourth-order valence-corrected chi connectivity index (χ4v) is 2.21. The molecule has 0 atom stereocenters. The van der Waals surface area contributed by atoms with Crippen LogP contribution in [0.1, 0.15) is 15.9 Å². The van der Waals surface area contributed by atoms with E-state index in [1.807, 2.05) is 19.1 Å². The molecule has 0 unspecified atom stereocenters.